The minimum absolute atomic E-state index is 0.215. The van der Waals surface area contributed by atoms with Gasteiger partial charge in [-0.15, -0.1) is 0 Å². The molecule has 13 heavy (non-hydrogen) atoms. The van der Waals surface area contributed by atoms with E-state index in [4.69, 9.17) is 14.2 Å². The average molecular weight is 249 g/mol. The molecule has 0 aromatic rings. The third-order valence-corrected chi connectivity index (χ3v) is 3.17. The Morgan fingerprint density at radius 1 is 1.77 bits per heavy atom. The third kappa shape index (κ3) is 1.68. The van der Waals surface area contributed by atoms with E-state index in [1.807, 2.05) is 0 Å². The maximum atomic E-state index is 5.64. The van der Waals surface area contributed by atoms with E-state index in [9.17, 15) is 0 Å². The van der Waals surface area contributed by atoms with E-state index < -0.39 is 0 Å². The minimum atomic E-state index is -0.215. The Labute approximate surface area is 86.2 Å². The Balaban J connectivity index is 2.05. The topological polar surface area (TPSA) is 27.7 Å². The van der Waals surface area contributed by atoms with Crippen molar-refractivity contribution in [3.8, 4) is 0 Å². The zero-order valence-electron chi connectivity index (χ0n) is 7.59. The lowest BCUT2D eigenvalue weighted by atomic mass is 9.84. The molecule has 0 spiro atoms. The first-order chi connectivity index (χ1) is 6.27. The highest BCUT2D eigenvalue weighted by atomic mass is 79.9. The number of fused-ring (bicyclic) bond motifs is 1. The first-order valence-corrected chi connectivity index (χ1v) is 5.18. The monoisotopic (exact) mass is 248 g/mol. The van der Waals surface area contributed by atoms with Crippen molar-refractivity contribution in [2.45, 2.75) is 24.5 Å². The maximum Gasteiger partial charge on any atom is 0.147 e. The van der Waals surface area contributed by atoms with Crippen molar-refractivity contribution in [1.29, 1.82) is 0 Å². The molecule has 0 N–H and O–H groups in total. The maximum absolute atomic E-state index is 5.64. The van der Waals surface area contributed by atoms with Crippen LogP contribution in [-0.2, 0) is 14.2 Å². The molecule has 1 heterocycles. The molecule has 2 rings (SSSR count). The molecule has 0 amide bonds. The first kappa shape index (κ1) is 9.65. The van der Waals surface area contributed by atoms with E-state index in [-0.39, 0.29) is 11.7 Å². The molecule has 4 heteroatoms. The molecule has 1 aliphatic heterocycles. The largest absolute Gasteiger partial charge is 0.371 e. The molecule has 2 aliphatic rings. The predicted octanol–water partition coefficient (Wildman–Crippen LogP) is 1.82. The summed E-state index contributed by atoms with van der Waals surface area (Å²) in [6.07, 6.45) is 4.41. The van der Waals surface area contributed by atoms with E-state index in [0.717, 1.165) is 12.8 Å². The predicted molar refractivity (Wildman–Crippen MR) is 51.7 cm³/mol. The summed E-state index contributed by atoms with van der Waals surface area (Å²) in [5.41, 5.74) is -0.215. The van der Waals surface area contributed by atoms with Crippen molar-refractivity contribution in [2.24, 2.45) is 0 Å². The van der Waals surface area contributed by atoms with Crippen LogP contribution in [-0.4, -0.2) is 32.2 Å². The van der Waals surface area contributed by atoms with Gasteiger partial charge in [-0.1, -0.05) is 15.9 Å². The molecule has 0 unspecified atom stereocenters. The van der Waals surface area contributed by atoms with Gasteiger partial charge >= 0.3 is 0 Å². The number of rotatable bonds is 3. The fraction of sp³-hybridized carbons (Fsp3) is 0.778. The van der Waals surface area contributed by atoms with Gasteiger partial charge in [0.2, 0.25) is 0 Å². The average Bonchev–Trinajstić information content (AvgIpc) is 2.09. The van der Waals surface area contributed by atoms with Crippen molar-refractivity contribution < 1.29 is 14.2 Å². The Kier molecular flexibility index (Phi) is 2.74. The van der Waals surface area contributed by atoms with Gasteiger partial charge in [0, 0.05) is 7.11 Å². The lowest BCUT2D eigenvalue weighted by Crippen LogP contribution is -2.60. The molecule has 0 aromatic carbocycles. The Morgan fingerprint density at radius 2 is 2.62 bits per heavy atom. The summed E-state index contributed by atoms with van der Waals surface area (Å²) in [5, 5.41) is 0. The van der Waals surface area contributed by atoms with Gasteiger partial charge in [-0.3, -0.25) is 0 Å². The number of methoxy groups -OCH3 is 1. The molecule has 2 atom stereocenters. The summed E-state index contributed by atoms with van der Waals surface area (Å²) in [6.45, 7) is 0.979. The van der Waals surface area contributed by atoms with Crippen LogP contribution in [0.25, 0.3) is 0 Å². The molecule has 74 valence electrons. The van der Waals surface area contributed by atoms with E-state index in [0.29, 0.717) is 13.4 Å². The lowest BCUT2D eigenvalue weighted by molar-refractivity contribution is -0.264. The van der Waals surface area contributed by atoms with Crippen molar-refractivity contribution >= 4 is 15.9 Å². The number of halogens is 1. The molecule has 0 bridgehead atoms. The van der Waals surface area contributed by atoms with Crippen LogP contribution in [0.5, 0.6) is 0 Å². The van der Waals surface area contributed by atoms with Crippen molar-refractivity contribution in [2.75, 3.05) is 20.5 Å². The van der Waals surface area contributed by atoms with Gasteiger partial charge in [0.15, 0.2) is 0 Å². The fourth-order valence-electron chi connectivity index (χ4n) is 1.78. The van der Waals surface area contributed by atoms with Crippen LogP contribution in [0, 0.1) is 0 Å². The highest BCUT2D eigenvalue weighted by Gasteiger charge is 2.49. The Bertz CT molecular complexity index is 229. The smallest absolute Gasteiger partial charge is 0.147 e. The standard InChI is InChI=1S/C9H13BrO3/c1-11-6-13-9-4-7(10)2-3-8(9)12-5-9/h4,8H,2-3,5-6H2,1H3/t8-,9+/m1/s1. The SMILES string of the molecule is COCO[C@]12C=C(Br)CC[C@H]1OC2. The fourth-order valence-corrected chi connectivity index (χ4v) is 2.40. The molecule has 1 aliphatic carbocycles. The number of allylic oxidation sites excluding steroid dienone is 1. The number of ether oxygens (including phenoxy) is 3. The molecular weight excluding hydrogens is 236 g/mol. The van der Waals surface area contributed by atoms with Crippen LogP contribution in [0.2, 0.25) is 0 Å². The second-order valence-electron chi connectivity index (χ2n) is 3.44. The van der Waals surface area contributed by atoms with Crippen LogP contribution in [0.1, 0.15) is 12.8 Å². The zero-order valence-corrected chi connectivity index (χ0v) is 9.17. The summed E-state index contributed by atoms with van der Waals surface area (Å²) in [7, 11) is 1.63. The summed E-state index contributed by atoms with van der Waals surface area (Å²) in [5.74, 6) is 0. The molecule has 1 saturated heterocycles. The van der Waals surface area contributed by atoms with Gasteiger partial charge in [0.25, 0.3) is 0 Å². The molecular formula is C9H13BrO3. The Morgan fingerprint density at radius 3 is 3.23 bits per heavy atom. The van der Waals surface area contributed by atoms with E-state index in [2.05, 4.69) is 22.0 Å². The van der Waals surface area contributed by atoms with Crippen LogP contribution in [0.4, 0.5) is 0 Å². The van der Waals surface area contributed by atoms with Gasteiger partial charge < -0.3 is 14.2 Å². The van der Waals surface area contributed by atoms with Crippen LogP contribution < -0.4 is 0 Å². The second kappa shape index (κ2) is 3.69. The highest BCUT2D eigenvalue weighted by Crippen LogP contribution is 2.41. The van der Waals surface area contributed by atoms with Gasteiger partial charge in [-0.25, -0.2) is 0 Å². The van der Waals surface area contributed by atoms with Crippen LogP contribution >= 0.6 is 15.9 Å². The first-order valence-electron chi connectivity index (χ1n) is 4.38. The van der Waals surface area contributed by atoms with Crippen LogP contribution in [0.3, 0.4) is 0 Å². The number of hydrogen-bond donors (Lipinski definition) is 0. The Hall–Kier alpha value is 0.1000. The van der Waals surface area contributed by atoms with Crippen molar-refractivity contribution in [3.05, 3.63) is 10.6 Å². The summed E-state index contributed by atoms with van der Waals surface area (Å²) >= 11 is 3.50. The molecule has 3 nitrogen and oxygen atoms in total. The molecule has 1 fully saturated rings. The van der Waals surface area contributed by atoms with Crippen molar-refractivity contribution in [1.82, 2.24) is 0 Å². The van der Waals surface area contributed by atoms with Gasteiger partial charge in [-0.05, 0) is 23.4 Å². The van der Waals surface area contributed by atoms with E-state index >= 15 is 0 Å². The highest BCUT2D eigenvalue weighted by molar-refractivity contribution is 9.11. The van der Waals surface area contributed by atoms with Crippen LogP contribution in [0.15, 0.2) is 10.6 Å². The molecule has 0 radical (unpaired) electrons. The molecule has 0 saturated carbocycles. The van der Waals surface area contributed by atoms with E-state index in [1.54, 1.807) is 7.11 Å². The second-order valence-corrected chi connectivity index (χ2v) is 4.45. The molecule has 0 aromatic heterocycles. The summed E-state index contributed by atoms with van der Waals surface area (Å²) < 4.78 is 17.2. The lowest BCUT2D eigenvalue weighted by Gasteiger charge is -2.49. The van der Waals surface area contributed by atoms with Gasteiger partial charge in [0.05, 0.1) is 12.7 Å². The van der Waals surface area contributed by atoms with Crippen molar-refractivity contribution in [3.63, 3.8) is 0 Å². The van der Waals surface area contributed by atoms with E-state index in [1.165, 1.54) is 4.48 Å². The quantitative estimate of drug-likeness (QED) is 0.714. The summed E-state index contributed by atoms with van der Waals surface area (Å²) in [4.78, 5) is 0. The van der Waals surface area contributed by atoms with Gasteiger partial charge in [-0.2, -0.15) is 0 Å². The zero-order chi connectivity index (χ0) is 9.31. The minimum Gasteiger partial charge on any atom is -0.371 e. The number of hydrogen-bond acceptors (Lipinski definition) is 3. The normalized spacial score (nSPS) is 37.7. The third-order valence-electron chi connectivity index (χ3n) is 2.55. The summed E-state index contributed by atoms with van der Waals surface area (Å²) in [6, 6.07) is 0. The van der Waals surface area contributed by atoms with Gasteiger partial charge in [0.1, 0.15) is 12.4 Å².